The molecule has 0 amide bonds. The van der Waals surface area contributed by atoms with Crippen molar-refractivity contribution >= 4 is 5.97 Å². The number of carbonyl (C=O) groups is 1. The first kappa shape index (κ1) is 17.0. The van der Waals surface area contributed by atoms with Gasteiger partial charge in [-0.05, 0) is 37.9 Å². The summed E-state index contributed by atoms with van der Waals surface area (Å²) in [5, 5.41) is 23.1. The van der Waals surface area contributed by atoms with Crippen molar-refractivity contribution in [1.29, 1.82) is 0 Å². The molecule has 7 heteroatoms. The van der Waals surface area contributed by atoms with Gasteiger partial charge in [0, 0.05) is 4.91 Å². The Morgan fingerprint density at radius 2 is 2.00 bits per heavy atom. The summed E-state index contributed by atoms with van der Waals surface area (Å²) in [6, 6.07) is 6.29. The van der Waals surface area contributed by atoms with E-state index in [4.69, 9.17) is 10.3 Å². The van der Waals surface area contributed by atoms with E-state index in [-0.39, 0.29) is 17.7 Å². The van der Waals surface area contributed by atoms with E-state index in [0.29, 0.717) is 0 Å². The minimum Gasteiger partial charge on any atom is -0.456 e. The van der Waals surface area contributed by atoms with E-state index < -0.39 is 23.8 Å². The third kappa shape index (κ3) is 5.07. The van der Waals surface area contributed by atoms with E-state index in [1.807, 2.05) is 0 Å². The minimum atomic E-state index is -1.35. The van der Waals surface area contributed by atoms with Crippen LogP contribution in [-0.2, 0) is 4.74 Å². The van der Waals surface area contributed by atoms with E-state index in [1.54, 1.807) is 32.9 Å². The van der Waals surface area contributed by atoms with Gasteiger partial charge >= 0.3 is 5.97 Å². The number of hydrogen-bond acceptors (Lipinski definition) is 5. The predicted octanol–water partition coefficient (Wildman–Crippen LogP) is 2.35. The molecule has 2 N–H and O–H groups in total. The lowest BCUT2D eigenvalue weighted by Crippen LogP contribution is -2.27. The first-order chi connectivity index (χ1) is 9.76. The predicted molar refractivity (Wildman–Crippen MR) is 76.6 cm³/mol. The molecule has 21 heavy (non-hydrogen) atoms. The molecule has 7 nitrogen and oxygen atoms in total. The molecule has 2 atom stereocenters. The maximum atomic E-state index is 12.1. The molecule has 1 aromatic rings. The third-order valence-electron chi connectivity index (χ3n) is 2.59. The van der Waals surface area contributed by atoms with Crippen LogP contribution in [0.2, 0.25) is 0 Å². The van der Waals surface area contributed by atoms with Crippen LogP contribution in [0.4, 0.5) is 0 Å². The molecule has 2 unspecified atom stereocenters. The van der Waals surface area contributed by atoms with Gasteiger partial charge in [-0.25, -0.2) is 4.79 Å². The standard InChI is InChI=1S/C14H19N3O4/c1-14(2,3)21-13(20)10-7-5-4-6-9(10)12(19)11(18)8-16-17-15/h4-7,11-12,18-19H,8H2,1-3H3. The summed E-state index contributed by atoms with van der Waals surface area (Å²) in [4.78, 5) is 14.6. The Hall–Kier alpha value is -2.08. The minimum absolute atomic E-state index is 0.167. The maximum Gasteiger partial charge on any atom is 0.339 e. The largest absolute Gasteiger partial charge is 0.456 e. The quantitative estimate of drug-likeness (QED) is 0.375. The van der Waals surface area contributed by atoms with E-state index in [2.05, 4.69) is 10.0 Å². The van der Waals surface area contributed by atoms with Crippen molar-refractivity contribution in [1.82, 2.24) is 0 Å². The summed E-state index contributed by atoms with van der Waals surface area (Å²) >= 11 is 0. The topological polar surface area (TPSA) is 116 Å². The molecular formula is C14H19N3O4. The first-order valence-electron chi connectivity index (χ1n) is 6.45. The highest BCUT2D eigenvalue weighted by Gasteiger charge is 2.26. The van der Waals surface area contributed by atoms with Gasteiger partial charge in [-0.3, -0.25) is 0 Å². The van der Waals surface area contributed by atoms with Gasteiger partial charge in [-0.15, -0.1) is 0 Å². The normalized spacial score (nSPS) is 14.0. The molecule has 0 aliphatic heterocycles. The molecule has 0 saturated heterocycles. The number of aliphatic hydroxyl groups is 2. The number of aliphatic hydroxyl groups excluding tert-OH is 2. The highest BCUT2D eigenvalue weighted by Crippen LogP contribution is 2.23. The second-order valence-corrected chi connectivity index (χ2v) is 5.51. The van der Waals surface area contributed by atoms with Crippen LogP contribution in [0.25, 0.3) is 10.4 Å². The molecular weight excluding hydrogens is 274 g/mol. The summed E-state index contributed by atoms with van der Waals surface area (Å²) in [5.74, 6) is -0.590. The third-order valence-corrected chi connectivity index (χ3v) is 2.59. The molecule has 1 aromatic carbocycles. The van der Waals surface area contributed by atoms with E-state index >= 15 is 0 Å². The Morgan fingerprint density at radius 1 is 1.38 bits per heavy atom. The van der Waals surface area contributed by atoms with Crippen molar-refractivity contribution in [2.24, 2.45) is 5.11 Å². The lowest BCUT2D eigenvalue weighted by molar-refractivity contribution is 0.00408. The molecule has 0 aromatic heterocycles. The molecule has 0 fully saturated rings. The van der Waals surface area contributed by atoms with E-state index in [1.165, 1.54) is 12.1 Å². The fourth-order valence-electron chi connectivity index (χ4n) is 1.70. The van der Waals surface area contributed by atoms with E-state index in [9.17, 15) is 15.0 Å². The fraction of sp³-hybridized carbons (Fsp3) is 0.500. The fourth-order valence-corrected chi connectivity index (χ4v) is 1.70. The van der Waals surface area contributed by atoms with Crippen LogP contribution in [0.15, 0.2) is 29.4 Å². The highest BCUT2D eigenvalue weighted by molar-refractivity contribution is 5.91. The summed E-state index contributed by atoms with van der Waals surface area (Å²) < 4.78 is 5.26. The average molecular weight is 293 g/mol. The van der Waals surface area contributed by atoms with Gasteiger partial charge in [-0.2, -0.15) is 0 Å². The number of ether oxygens (including phenoxy) is 1. The SMILES string of the molecule is CC(C)(C)OC(=O)c1ccccc1C(O)C(O)CN=[N+]=[N-]. The zero-order valence-electron chi connectivity index (χ0n) is 12.2. The molecule has 0 radical (unpaired) electrons. The maximum absolute atomic E-state index is 12.1. The summed E-state index contributed by atoms with van der Waals surface area (Å²) in [6.07, 6.45) is -2.65. The summed E-state index contributed by atoms with van der Waals surface area (Å²) in [6.45, 7) is 4.92. The van der Waals surface area contributed by atoms with Crippen molar-refractivity contribution in [3.63, 3.8) is 0 Å². The van der Waals surface area contributed by atoms with Gasteiger partial charge < -0.3 is 14.9 Å². The van der Waals surface area contributed by atoms with Crippen LogP contribution in [0.3, 0.4) is 0 Å². The summed E-state index contributed by atoms with van der Waals surface area (Å²) in [7, 11) is 0. The first-order valence-corrected chi connectivity index (χ1v) is 6.45. The Morgan fingerprint density at radius 3 is 2.57 bits per heavy atom. The molecule has 0 bridgehead atoms. The highest BCUT2D eigenvalue weighted by atomic mass is 16.6. The number of benzene rings is 1. The lowest BCUT2D eigenvalue weighted by Gasteiger charge is -2.23. The van der Waals surface area contributed by atoms with Crippen LogP contribution < -0.4 is 0 Å². The van der Waals surface area contributed by atoms with Crippen LogP contribution in [-0.4, -0.2) is 34.4 Å². The zero-order valence-corrected chi connectivity index (χ0v) is 12.2. The van der Waals surface area contributed by atoms with Gasteiger partial charge in [0.1, 0.15) is 11.7 Å². The van der Waals surface area contributed by atoms with Crippen LogP contribution in [0.5, 0.6) is 0 Å². The van der Waals surface area contributed by atoms with Crippen molar-refractivity contribution in [3.05, 3.63) is 45.8 Å². The molecule has 0 heterocycles. The Balaban J connectivity index is 3.03. The average Bonchev–Trinajstić information content (AvgIpc) is 2.42. The molecule has 0 saturated carbocycles. The van der Waals surface area contributed by atoms with Crippen LogP contribution in [0.1, 0.15) is 42.8 Å². The number of carbonyl (C=O) groups excluding carboxylic acids is 1. The molecule has 0 aliphatic rings. The lowest BCUT2D eigenvalue weighted by atomic mass is 9.98. The molecule has 0 spiro atoms. The second kappa shape index (κ2) is 7.08. The van der Waals surface area contributed by atoms with Gasteiger partial charge in [0.2, 0.25) is 0 Å². The van der Waals surface area contributed by atoms with Gasteiger partial charge in [0.15, 0.2) is 0 Å². The monoisotopic (exact) mass is 293 g/mol. The molecule has 0 aliphatic carbocycles. The Labute approximate surface area is 122 Å². The number of azide groups is 1. The smallest absolute Gasteiger partial charge is 0.339 e. The number of esters is 1. The Bertz CT molecular complexity index is 547. The van der Waals surface area contributed by atoms with Gasteiger partial charge in [-0.1, -0.05) is 23.3 Å². The molecule has 114 valence electrons. The van der Waals surface area contributed by atoms with Crippen molar-refractivity contribution in [2.45, 2.75) is 38.6 Å². The van der Waals surface area contributed by atoms with Gasteiger partial charge in [0.25, 0.3) is 0 Å². The zero-order chi connectivity index (χ0) is 16.0. The van der Waals surface area contributed by atoms with Crippen molar-refractivity contribution in [3.8, 4) is 0 Å². The van der Waals surface area contributed by atoms with E-state index in [0.717, 1.165) is 0 Å². The summed E-state index contributed by atoms with van der Waals surface area (Å²) in [5.41, 5.74) is 7.96. The number of rotatable bonds is 5. The number of hydrogen-bond donors (Lipinski definition) is 2. The van der Waals surface area contributed by atoms with Crippen molar-refractivity contribution in [2.75, 3.05) is 6.54 Å². The number of nitrogens with zero attached hydrogens (tertiary/aromatic N) is 3. The van der Waals surface area contributed by atoms with Crippen LogP contribution in [0, 0.1) is 0 Å². The van der Waals surface area contributed by atoms with Gasteiger partial charge in [0.05, 0.1) is 18.2 Å². The Kier molecular flexibility index (Phi) is 5.72. The van der Waals surface area contributed by atoms with Crippen LogP contribution >= 0.6 is 0 Å². The van der Waals surface area contributed by atoms with Crippen molar-refractivity contribution < 1.29 is 19.7 Å². The molecule has 1 rings (SSSR count). The second-order valence-electron chi connectivity index (χ2n) is 5.51.